The highest BCUT2D eigenvalue weighted by atomic mass is 35.5. The first-order chi connectivity index (χ1) is 10.4. The number of hydrogen-bond donors (Lipinski definition) is 1. The average molecular weight is 326 g/mol. The third-order valence-corrected chi connectivity index (χ3v) is 4.15. The summed E-state index contributed by atoms with van der Waals surface area (Å²) in [6, 6.07) is 4.19. The summed E-state index contributed by atoms with van der Waals surface area (Å²) in [7, 11) is 0. The Morgan fingerprint density at radius 3 is 2.82 bits per heavy atom. The van der Waals surface area contributed by atoms with E-state index in [9.17, 15) is 9.18 Å². The average Bonchev–Trinajstić information content (AvgIpc) is 2.45. The quantitative estimate of drug-likeness (QED) is 0.862. The Hall–Kier alpha value is -1.59. The summed E-state index contributed by atoms with van der Waals surface area (Å²) in [5.74, 6) is -0.535. The minimum absolute atomic E-state index is 0.0477. The van der Waals surface area contributed by atoms with Crippen molar-refractivity contribution in [2.24, 2.45) is 0 Å². The van der Waals surface area contributed by atoms with Gasteiger partial charge in [0, 0.05) is 36.7 Å². The van der Waals surface area contributed by atoms with Crippen molar-refractivity contribution in [1.29, 1.82) is 0 Å². The molecule has 0 unspecified atom stereocenters. The topological polar surface area (TPSA) is 35.6 Å². The highest BCUT2D eigenvalue weighted by Crippen LogP contribution is 2.21. The summed E-state index contributed by atoms with van der Waals surface area (Å²) in [6.45, 7) is 9.97. The van der Waals surface area contributed by atoms with Crippen molar-refractivity contribution >= 4 is 23.3 Å². The van der Waals surface area contributed by atoms with Crippen molar-refractivity contribution in [2.45, 2.75) is 25.9 Å². The second-order valence-corrected chi connectivity index (χ2v) is 6.08. The van der Waals surface area contributed by atoms with Crippen molar-refractivity contribution < 1.29 is 9.18 Å². The Kier molecular flexibility index (Phi) is 5.42. The molecule has 4 nitrogen and oxygen atoms in total. The molecule has 2 amide bonds. The lowest BCUT2D eigenvalue weighted by molar-refractivity contribution is 0.0765. The first kappa shape index (κ1) is 16.8. The van der Waals surface area contributed by atoms with Gasteiger partial charge in [0.25, 0.3) is 0 Å². The number of anilines is 1. The molecule has 1 aromatic carbocycles. The number of nitrogens with one attached hydrogen (secondary N) is 1. The van der Waals surface area contributed by atoms with Crippen LogP contribution in [0.1, 0.15) is 13.8 Å². The first-order valence-electron chi connectivity index (χ1n) is 7.30. The molecular weight excluding hydrogens is 305 g/mol. The standard InChI is InChI=1S/C16H21ClFN3O/c1-4-7-20-9-12(3)21(10-11(20)2)16(22)19-15-6-5-13(17)8-14(15)18/h4-6,8,11-12H,1,7,9-10H2,2-3H3,(H,19,22)/t11-,12-/m1/s1. The van der Waals surface area contributed by atoms with Crippen LogP contribution in [0, 0.1) is 5.82 Å². The lowest BCUT2D eigenvalue weighted by atomic mass is 10.1. The van der Waals surface area contributed by atoms with Crippen LogP contribution < -0.4 is 5.32 Å². The molecule has 2 atom stereocenters. The number of amides is 2. The maximum absolute atomic E-state index is 13.8. The molecule has 2 rings (SSSR count). The van der Waals surface area contributed by atoms with Crippen LogP contribution in [0.25, 0.3) is 0 Å². The number of halogens is 2. The monoisotopic (exact) mass is 325 g/mol. The fourth-order valence-electron chi connectivity index (χ4n) is 2.68. The number of benzene rings is 1. The van der Waals surface area contributed by atoms with Crippen LogP contribution in [0.2, 0.25) is 5.02 Å². The van der Waals surface area contributed by atoms with E-state index in [2.05, 4.69) is 23.7 Å². The lowest BCUT2D eigenvalue weighted by Gasteiger charge is -2.43. The molecule has 1 N–H and O–H groups in total. The van der Waals surface area contributed by atoms with Gasteiger partial charge in [-0.3, -0.25) is 4.90 Å². The van der Waals surface area contributed by atoms with Crippen LogP contribution in [0.5, 0.6) is 0 Å². The molecular formula is C16H21ClFN3O. The van der Waals surface area contributed by atoms with E-state index >= 15 is 0 Å². The molecule has 22 heavy (non-hydrogen) atoms. The van der Waals surface area contributed by atoms with Gasteiger partial charge in [0.05, 0.1) is 5.69 Å². The van der Waals surface area contributed by atoms with E-state index in [1.807, 2.05) is 13.0 Å². The van der Waals surface area contributed by atoms with Crippen LogP contribution in [-0.2, 0) is 0 Å². The number of carbonyl (C=O) groups is 1. The minimum Gasteiger partial charge on any atom is -0.319 e. The highest BCUT2D eigenvalue weighted by molar-refractivity contribution is 6.30. The van der Waals surface area contributed by atoms with Crippen LogP contribution in [0.4, 0.5) is 14.9 Å². The number of carbonyl (C=O) groups excluding carboxylic acids is 1. The Morgan fingerprint density at radius 1 is 1.45 bits per heavy atom. The zero-order valence-electron chi connectivity index (χ0n) is 12.9. The van der Waals surface area contributed by atoms with E-state index in [4.69, 9.17) is 11.6 Å². The molecule has 6 heteroatoms. The van der Waals surface area contributed by atoms with E-state index in [1.165, 1.54) is 12.1 Å². The Labute approximate surface area is 135 Å². The Balaban J connectivity index is 2.05. The normalized spacial score (nSPS) is 22.5. The number of hydrogen-bond acceptors (Lipinski definition) is 2. The summed E-state index contributed by atoms with van der Waals surface area (Å²) < 4.78 is 13.8. The largest absolute Gasteiger partial charge is 0.322 e. The third-order valence-electron chi connectivity index (χ3n) is 3.91. The molecule has 0 radical (unpaired) electrons. The molecule has 0 bridgehead atoms. The number of piperazine rings is 1. The summed E-state index contributed by atoms with van der Waals surface area (Å²) in [6.07, 6.45) is 1.86. The molecule has 1 saturated heterocycles. The fraction of sp³-hybridized carbons (Fsp3) is 0.438. The van der Waals surface area contributed by atoms with Crippen LogP contribution in [-0.4, -0.2) is 47.5 Å². The Bertz CT molecular complexity index is 566. The van der Waals surface area contributed by atoms with E-state index in [0.29, 0.717) is 11.6 Å². The second-order valence-electron chi connectivity index (χ2n) is 5.65. The summed E-state index contributed by atoms with van der Waals surface area (Å²) >= 11 is 5.71. The summed E-state index contributed by atoms with van der Waals surface area (Å²) in [5.41, 5.74) is 0.141. The number of rotatable bonds is 3. The third kappa shape index (κ3) is 3.78. The molecule has 1 aliphatic heterocycles. The van der Waals surface area contributed by atoms with Gasteiger partial charge in [-0.05, 0) is 32.0 Å². The van der Waals surface area contributed by atoms with Crippen molar-refractivity contribution in [3.8, 4) is 0 Å². The molecule has 1 aliphatic rings. The van der Waals surface area contributed by atoms with E-state index in [1.54, 1.807) is 11.0 Å². The van der Waals surface area contributed by atoms with Gasteiger partial charge in [-0.15, -0.1) is 6.58 Å². The van der Waals surface area contributed by atoms with E-state index in [-0.39, 0.29) is 23.8 Å². The van der Waals surface area contributed by atoms with Crippen molar-refractivity contribution in [3.63, 3.8) is 0 Å². The molecule has 0 saturated carbocycles. The van der Waals surface area contributed by atoms with Gasteiger partial charge in [0.2, 0.25) is 0 Å². The van der Waals surface area contributed by atoms with Gasteiger partial charge < -0.3 is 10.2 Å². The smallest absolute Gasteiger partial charge is 0.319 e. The maximum Gasteiger partial charge on any atom is 0.322 e. The van der Waals surface area contributed by atoms with Crippen molar-refractivity contribution in [3.05, 3.63) is 41.7 Å². The zero-order valence-corrected chi connectivity index (χ0v) is 13.6. The molecule has 0 aromatic heterocycles. The van der Waals surface area contributed by atoms with Crippen LogP contribution in [0.3, 0.4) is 0 Å². The molecule has 120 valence electrons. The van der Waals surface area contributed by atoms with Gasteiger partial charge in [-0.2, -0.15) is 0 Å². The predicted molar refractivity (Wildman–Crippen MR) is 87.8 cm³/mol. The highest BCUT2D eigenvalue weighted by Gasteiger charge is 2.31. The predicted octanol–water partition coefficient (Wildman–Crippen LogP) is 3.59. The van der Waals surface area contributed by atoms with Gasteiger partial charge in [-0.1, -0.05) is 17.7 Å². The first-order valence-corrected chi connectivity index (χ1v) is 7.67. The molecule has 0 spiro atoms. The molecule has 0 aliphatic carbocycles. The fourth-order valence-corrected chi connectivity index (χ4v) is 2.84. The van der Waals surface area contributed by atoms with Crippen LogP contribution in [0.15, 0.2) is 30.9 Å². The van der Waals surface area contributed by atoms with Gasteiger partial charge >= 0.3 is 6.03 Å². The Morgan fingerprint density at radius 2 is 2.18 bits per heavy atom. The van der Waals surface area contributed by atoms with Crippen molar-refractivity contribution in [2.75, 3.05) is 25.0 Å². The molecule has 1 fully saturated rings. The van der Waals surface area contributed by atoms with Gasteiger partial charge in [-0.25, -0.2) is 9.18 Å². The minimum atomic E-state index is -0.535. The lowest BCUT2D eigenvalue weighted by Crippen LogP contribution is -2.58. The summed E-state index contributed by atoms with van der Waals surface area (Å²) in [5, 5.41) is 2.92. The SMILES string of the molecule is C=CCN1C[C@@H](C)N(C(=O)Nc2ccc(Cl)cc2F)C[C@H]1C. The molecule has 1 heterocycles. The zero-order chi connectivity index (χ0) is 16.3. The molecule has 1 aromatic rings. The number of nitrogens with zero attached hydrogens (tertiary/aromatic N) is 2. The summed E-state index contributed by atoms with van der Waals surface area (Å²) in [4.78, 5) is 16.4. The maximum atomic E-state index is 13.8. The van der Waals surface area contributed by atoms with Gasteiger partial charge in [0.1, 0.15) is 5.82 Å². The second kappa shape index (κ2) is 7.11. The number of urea groups is 1. The van der Waals surface area contributed by atoms with Crippen LogP contribution >= 0.6 is 11.6 Å². The van der Waals surface area contributed by atoms with E-state index in [0.717, 1.165) is 13.1 Å². The van der Waals surface area contributed by atoms with E-state index < -0.39 is 5.82 Å². The van der Waals surface area contributed by atoms with Crippen molar-refractivity contribution in [1.82, 2.24) is 9.80 Å². The van der Waals surface area contributed by atoms with Gasteiger partial charge in [0.15, 0.2) is 0 Å².